The number of rotatable bonds is 4. The summed E-state index contributed by atoms with van der Waals surface area (Å²) in [7, 11) is 0. The van der Waals surface area contributed by atoms with Crippen molar-refractivity contribution in [1.29, 1.82) is 0 Å². The first-order chi connectivity index (χ1) is 10.7. The van der Waals surface area contributed by atoms with Gasteiger partial charge in [0.25, 0.3) is 0 Å². The molecular weight excluding hydrogens is 284 g/mol. The largest absolute Gasteiger partial charge is 0.457 e. The summed E-state index contributed by atoms with van der Waals surface area (Å²) in [6.07, 6.45) is 0. The molecule has 23 heavy (non-hydrogen) atoms. The lowest BCUT2D eigenvalue weighted by molar-refractivity contribution is 0.480. The van der Waals surface area contributed by atoms with Gasteiger partial charge in [-0.3, -0.25) is 0 Å². The molecule has 0 saturated carbocycles. The Bertz CT molecular complexity index is 657. The lowest BCUT2D eigenvalue weighted by Gasteiger charge is -2.17. The Balaban J connectivity index is 2.44. The fourth-order valence-corrected chi connectivity index (χ4v) is 2.79. The maximum absolute atomic E-state index is 6.18. The summed E-state index contributed by atoms with van der Waals surface area (Å²) >= 11 is 0. The van der Waals surface area contributed by atoms with Gasteiger partial charge in [0.2, 0.25) is 0 Å². The van der Waals surface area contributed by atoms with Gasteiger partial charge < -0.3 is 16.2 Å². The summed E-state index contributed by atoms with van der Waals surface area (Å²) in [6.45, 7) is 12.6. The Labute approximate surface area is 139 Å². The van der Waals surface area contributed by atoms with Crippen LogP contribution in [-0.2, 0) is 0 Å². The Morgan fingerprint density at radius 2 is 1.04 bits per heavy atom. The third kappa shape index (κ3) is 3.61. The molecule has 0 unspecified atom stereocenters. The van der Waals surface area contributed by atoms with Crippen LogP contribution in [0.15, 0.2) is 24.3 Å². The average molecular weight is 312 g/mol. The van der Waals surface area contributed by atoms with Crippen molar-refractivity contribution in [2.45, 2.75) is 53.4 Å². The first kappa shape index (κ1) is 17.2. The molecule has 0 aliphatic heterocycles. The molecule has 2 aromatic rings. The molecule has 2 rings (SSSR count). The number of anilines is 2. The predicted octanol–water partition coefficient (Wildman–Crippen LogP) is 5.51. The maximum Gasteiger partial charge on any atom is 0.128 e. The van der Waals surface area contributed by atoms with Crippen molar-refractivity contribution in [1.82, 2.24) is 0 Å². The van der Waals surface area contributed by atoms with Gasteiger partial charge in [0.15, 0.2) is 0 Å². The van der Waals surface area contributed by atoms with Crippen LogP contribution in [0.4, 0.5) is 11.4 Å². The molecule has 0 fully saturated rings. The highest BCUT2D eigenvalue weighted by Crippen LogP contribution is 2.35. The van der Waals surface area contributed by atoms with Gasteiger partial charge in [-0.05, 0) is 72.2 Å². The zero-order valence-electron chi connectivity index (χ0n) is 15.0. The zero-order valence-corrected chi connectivity index (χ0v) is 15.0. The van der Waals surface area contributed by atoms with Gasteiger partial charge in [0.05, 0.1) is 0 Å². The van der Waals surface area contributed by atoms with E-state index in [9.17, 15) is 0 Å². The topological polar surface area (TPSA) is 61.3 Å². The molecule has 124 valence electrons. The molecule has 0 amide bonds. The highest BCUT2D eigenvalue weighted by Gasteiger charge is 2.13. The normalized spacial score (nSPS) is 11.3. The molecule has 3 heteroatoms. The van der Waals surface area contributed by atoms with Crippen molar-refractivity contribution in [3.63, 3.8) is 0 Å². The van der Waals surface area contributed by atoms with E-state index in [2.05, 4.69) is 27.7 Å². The molecule has 0 aliphatic carbocycles. The molecule has 4 N–H and O–H groups in total. The first-order valence-corrected chi connectivity index (χ1v) is 8.18. The van der Waals surface area contributed by atoms with Crippen LogP contribution in [0.3, 0.4) is 0 Å². The van der Waals surface area contributed by atoms with Crippen LogP contribution in [0.5, 0.6) is 11.5 Å². The van der Waals surface area contributed by atoms with Crippen molar-refractivity contribution < 1.29 is 4.74 Å². The fraction of sp³-hybridized carbons (Fsp3) is 0.400. The molecule has 0 saturated heterocycles. The van der Waals surface area contributed by atoms with Gasteiger partial charge >= 0.3 is 0 Å². The van der Waals surface area contributed by atoms with E-state index in [0.29, 0.717) is 11.8 Å². The highest BCUT2D eigenvalue weighted by atomic mass is 16.5. The van der Waals surface area contributed by atoms with E-state index in [1.807, 2.05) is 38.1 Å². The van der Waals surface area contributed by atoms with Crippen LogP contribution in [0.25, 0.3) is 0 Å². The molecule has 2 aromatic carbocycles. The van der Waals surface area contributed by atoms with E-state index < -0.39 is 0 Å². The third-order valence-electron chi connectivity index (χ3n) is 4.26. The standard InChI is InChI=1S/C20H28N2O/c1-11(2)17-9-15(7-13(5)19(17)21)23-16-8-14(6)20(22)18(10-16)12(3)4/h7-12H,21-22H2,1-6H3. The second kappa shape index (κ2) is 6.53. The van der Waals surface area contributed by atoms with Gasteiger partial charge in [0.1, 0.15) is 11.5 Å². The second-order valence-corrected chi connectivity index (χ2v) is 6.90. The smallest absolute Gasteiger partial charge is 0.128 e. The van der Waals surface area contributed by atoms with Crippen LogP contribution in [0, 0.1) is 13.8 Å². The molecule has 0 heterocycles. The molecule has 0 aliphatic rings. The lowest BCUT2D eigenvalue weighted by Crippen LogP contribution is -2.02. The molecular formula is C20H28N2O. The van der Waals surface area contributed by atoms with Gasteiger partial charge in [-0.15, -0.1) is 0 Å². The molecule has 0 radical (unpaired) electrons. The number of hydrogen-bond acceptors (Lipinski definition) is 3. The van der Waals surface area contributed by atoms with Crippen molar-refractivity contribution >= 4 is 11.4 Å². The summed E-state index contributed by atoms with van der Waals surface area (Å²) < 4.78 is 6.12. The van der Waals surface area contributed by atoms with Crippen molar-refractivity contribution in [3.05, 3.63) is 46.5 Å². The molecule has 0 aromatic heterocycles. The van der Waals surface area contributed by atoms with E-state index >= 15 is 0 Å². The van der Waals surface area contributed by atoms with E-state index in [0.717, 1.165) is 45.1 Å². The molecule has 0 atom stereocenters. The van der Waals surface area contributed by atoms with Gasteiger partial charge in [0, 0.05) is 11.4 Å². The Kier molecular flexibility index (Phi) is 4.88. The predicted molar refractivity (Wildman–Crippen MR) is 99.4 cm³/mol. The summed E-state index contributed by atoms with van der Waals surface area (Å²) in [5, 5.41) is 0. The number of ether oxygens (including phenoxy) is 1. The van der Waals surface area contributed by atoms with E-state index in [-0.39, 0.29) is 0 Å². The zero-order chi connectivity index (χ0) is 17.3. The minimum Gasteiger partial charge on any atom is -0.457 e. The van der Waals surface area contributed by atoms with Crippen LogP contribution in [0.2, 0.25) is 0 Å². The van der Waals surface area contributed by atoms with E-state index in [1.165, 1.54) is 0 Å². The van der Waals surface area contributed by atoms with E-state index in [1.54, 1.807) is 0 Å². The second-order valence-electron chi connectivity index (χ2n) is 6.90. The van der Waals surface area contributed by atoms with Crippen LogP contribution in [0.1, 0.15) is 61.8 Å². The molecule has 3 nitrogen and oxygen atoms in total. The summed E-state index contributed by atoms with van der Waals surface area (Å²) in [6, 6.07) is 8.05. The van der Waals surface area contributed by atoms with Gasteiger partial charge in [-0.25, -0.2) is 0 Å². The Hall–Kier alpha value is -2.16. The number of benzene rings is 2. The third-order valence-corrected chi connectivity index (χ3v) is 4.26. The Morgan fingerprint density at radius 1 is 0.696 bits per heavy atom. The van der Waals surface area contributed by atoms with E-state index in [4.69, 9.17) is 16.2 Å². The minimum absolute atomic E-state index is 0.358. The summed E-state index contributed by atoms with van der Waals surface area (Å²) in [5.74, 6) is 2.35. The quantitative estimate of drug-likeness (QED) is 0.732. The number of nitrogen functional groups attached to an aromatic ring is 2. The summed E-state index contributed by atoms with van der Waals surface area (Å²) in [5.41, 5.74) is 18.4. The SMILES string of the molecule is Cc1cc(Oc2cc(C)c(N)c(C(C)C)c2)cc(C(C)C)c1N. The monoisotopic (exact) mass is 312 g/mol. The average Bonchev–Trinajstić information content (AvgIpc) is 2.45. The fourth-order valence-electron chi connectivity index (χ4n) is 2.79. The van der Waals surface area contributed by atoms with Gasteiger partial charge in [-0.2, -0.15) is 0 Å². The molecule has 0 bridgehead atoms. The van der Waals surface area contributed by atoms with Crippen LogP contribution < -0.4 is 16.2 Å². The van der Waals surface area contributed by atoms with Crippen molar-refractivity contribution in [2.75, 3.05) is 11.5 Å². The molecule has 0 spiro atoms. The van der Waals surface area contributed by atoms with Crippen molar-refractivity contribution in [3.8, 4) is 11.5 Å². The number of nitrogens with two attached hydrogens (primary N) is 2. The van der Waals surface area contributed by atoms with Crippen molar-refractivity contribution in [2.24, 2.45) is 0 Å². The van der Waals surface area contributed by atoms with Gasteiger partial charge in [-0.1, -0.05) is 27.7 Å². The number of hydrogen-bond donors (Lipinski definition) is 2. The van der Waals surface area contributed by atoms with Crippen LogP contribution >= 0.6 is 0 Å². The first-order valence-electron chi connectivity index (χ1n) is 8.18. The maximum atomic E-state index is 6.18. The summed E-state index contributed by atoms with van der Waals surface area (Å²) in [4.78, 5) is 0. The number of aryl methyl sites for hydroxylation is 2. The Morgan fingerprint density at radius 3 is 1.35 bits per heavy atom. The lowest BCUT2D eigenvalue weighted by atomic mass is 9.97. The van der Waals surface area contributed by atoms with Crippen LogP contribution in [-0.4, -0.2) is 0 Å². The minimum atomic E-state index is 0.358. The highest BCUT2D eigenvalue weighted by molar-refractivity contribution is 5.60.